The monoisotopic (exact) mass is 496 g/mol. The standard InChI is InChI=1S/C23H24F4N4O2S/c1-13(14-5-4-6-15(18(14)24)19(25)26)30-20-16-11-17(22(32)31(2)21(16)29-12-28-20)23(27)7-9-34(3,33)10-8-23/h4-6,11-13,19H,3,7-10H2,1-2H3,(H,28,29,30)/t13-,23?,34?/m1/s1. The number of anilines is 1. The lowest BCUT2D eigenvalue weighted by Gasteiger charge is -2.31. The molecule has 0 spiro atoms. The van der Waals surface area contributed by atoms with Crippen LogP contribution >= 0.6 is 0 Å². The van der Waals surface area contributed by atoms with E-state index in [0.29, 0.717) is 5.39 Å². The first kappa shape index (κ1) is 24.2. The zero-order valence-electron chi connectivity index (χ0n) is 18.7. The second-order valence-corrected chi connectivity index (χ2v) is 11.4. The number of pyridine rings is 1. The summed E-state index contributed by atoms with van der Waals surface area (Å²) in [5.74, 6) is 2.95. The number of fused-ring (bicyclic) bond motifs is 1. The van der Waals surface area contributed by atoms with Gasteiger partial charge in [-0.05, 0) is 41.2 Å². The van der Waals surface area contributed by atoms with Crippen molar-refractivity contribution < 1.29 is 21.8 Å². The van der Waals surface area contributed by atoms with Crippen molar-refractivity contribution in [2.24, 2.45) is 7.05 Å². The second kappa shape index (κ2) is 8.68. The first-order chi connectivity index (χ1) is 15.9. The van der Waals surface area contributed by atoms with E-state index < -0.39 is 44.6 Å². The molecular weight excluding hydrogens is 472 g/mol. The molecule has 1 saturated heterocycles. The predicted molar refractivity (Wildman–Crippen MR) is 125 cm³/mol. The van der Waals surface area contributed by atoms with Crippen LogP contribution in [0.3, 0.4) is 0 Å². The van der Waals surface area contributed by atoms with Crippen LogP contribution in [0, 0.1) is 5.82 Å². The average molecular weight is 497 g/mol. The number of nitrogens with one attached hydrogen (secondary N) is 1. The van der Waals surface area contributed by atoms with Crippen LogP contribution in [0.2, 0.25) is 0 Å². The van der Waals surface area contributed by atoms with Gasteiger partial charge in [0.15, 0.2) is 0 Å². The number of hydrogen-bond acceptors (Lipinski definition) is 5. The van der Waals surface area contributed by atoms with E-state index in [9.17, 15) is 22.2 Å². The Hall–Kier alpha value is -2.95. The van der Waals surface area contributed by atoms with E-state index in [1.165, 1.54) is 36.1 Å². The van der Waals surface area contributed by atoms with Crippen LogP contribution < -0.4 is 10.9 Å². The van der Waals surface area contributed by atoms with Crippen LogP contribution in [0.25, 0.3) is 11.0 Å². The molecule has 1 aromatic carbocycles. The summed E-state index contributed by atoms with van der Waals surface area (Å²) in [4.78, 5) is 21.3. The summed E-state index contributed by atoms with van der Waals surface area (Å²) >= 11 is 0. The van der Waals surface area contributed by atoms with E-state index in [-0.39, 0.29) is 46.9 Å². The van der Waals surface area contributed by atoms with Crippen LogP contribution in [0.4, 0.5) is 23.4 Å². The van der Waals surface area contributed by atoms with Crippen molar-refractivity contribution in [3.8, 4) is 0 Å². The lowest BCUT2D eigenvalue weighted by atomic mass is 9.90. The molecule has 11 heteroatoms. The van der Waals surface area contributed by atoms with Crippen molar-refractivity contribution in [1.29, 1.82) is 0 Å². The van der Waals surface area contributed by atoms with Gasteiger partial charge >= 0.3 is 0 Å². The molecule has 2 aromatic heterocycles. The topological polar surface area (TPSA) is 76.9 Å². The number of hydrogen-bond donors (Lipinski definition) is 1. The third kappa shape index (κ3) is 4.28. The highest BCUT2D eigenvalue weighted by Crippen LogP contribution is 2.38. The van der Waals surface area contributed by atoms with Crippen LogP contribution in [0.5, 0.6) is 0 Å². The highest BCUT2D eigenvalue weighted by Gasteiger charge is 2.40. The fourth-order valence-electron chi connectivity index (χ4n) is 4.25. The van der Waals surface area contributed by atoms with Gasteiger partial charge < -0.3 is 5.32 Å². The summed E-state index contributed by atoms with van der Waals surface area (Å²) in [6.07, 6.45) is -1.97. The first-order valence-electron chi connectivity index (χ1n) is 10.6. The van der Waals surface area contributed by atoms with Crippen molar-refractivity contribution in [2.45, 2.75) is 37.9 Å². The molecule has 0 amide bonds. The molecule has 0 saturated carbocycles. The van der Waals surface area contributed by atoms with E-state index in [1.807, 2.05) is 0 Å². The lowest BCUT2D eigenvalue weighted by Crippen LogP contribution is -2.39. The zero-order chi connectivity index (χ0) is 24.8. The molecule has 34 heavy (non-hydrogen) atoms. The summed E-state index contributed by atoms with van der Waals surface area (Å²) in [5, 5.41) is 3.30. The Kier molecular flexibility index (Phi) is 6.17. The molecule has 0 bridgehead atoms. The maximum absolute atomic E-state index is 15.9. The minimum Gasteiger partial charge on any atom is -0.363 e. The largest absolute Gasteiger partial charge is 0.363 e. The fourth-order valence-corrected chi connectivity index (χ4v) is 5.85. The van der Waals surface area contributed by atoms with Crippen molar-refractivity contribution in [2.75, 3.05) is 16.8 Å². The van der Waals surface area contributed by atoms with Gasteiger partial charge in [0.05, 0.1) is 22.6 Å². The van der Waals surface area contributed by atoms with Crippen LogP contribution in [-0.2, 0) is 22.2 Å². The first-order valence-corrected chi connectivity index (χ1v) is 12.7. The van der Waals surface area contributed by atoms with E-state index in [2.05, 4.69) is 21.2 Å². The number of alkyl halides is 3. The van der Waals surface area contributed by atoms with Gasteiger partial charge in [-0.3, -0.25) is 13.6 Å². The molecule has 4 rings (SSSR count). The van der Waals surface area contributed by atoms with Crippen LogP contribution in [0.1, 0.15) is 48.9 Å². The Labute approximate surface area is 194 Å². The van der Waals surface area contributed by atoms with Gasteiger partial charge in [-0.25, -0.2) is 27.5 Å². The van der Waals surface area contributed by atoms with Crippen molar-refractivity contribution in [3.63, 3.8) is 0 Å². The van der Waals surface area contributed by atoms with Crippen molar-refractivity contribution >= 4 is 32.2 Å². The number of aromatic nitrogens is 3. The molecular formula is C23H24F4N4O2S. The van der Waals surface area contributed by atoms with Crippen LogP contribution in [-0.4, -0.2) is 36.1 Å². The van der Waals surface area contributed by atoms with Gasteiger partial charge in [0.2, 0.25) is 0 Å². The molecule has 1 aliphatic rings. The minimum atomic E-state index is -2.96. The molecule has 0 radical (unpaired) electrons. The van der Waals surface area contributed by atoms with E-state index in [1.54, 1.807) is 6.92 Å². The quantitative estimate of drug-likeness (QED) is 0.422. The summed E-state index contributed by atoms with van der Waals surface area (Å²) in [5.41, 5.74) is -3.13. The van der Waals surface area contributed by atoms with Crippen molar-refractivity contribution in [1.82, 2.24) is 14.5 Å². The summed E-state index contributed by atoms with van der Waals surface area (Å²) in [6, 6.07) is 4.34. The molecule has 3 aromatic rings. The number of rotatable bonds is 5. The molecule has 0 unspecified atom stereocenters. The van der Waals surface area contributed by atoms with Crippen molar-refractivity contribution in [3.05, 3.63) is 63.5 Å². The molecule has 3 heterocycles. The van der Waals surface area contributed by atoms with E-state index >= 15 is 4.39 Å². The van der Waals surface area contributed by atoms with Gasteiger partial charge in [0.1, 0.15) is 29.3 Å². The average Bonchev–Trinajstić information content (AvgIpc) is 2.78. The highest BCUT2D eigenvalue weighted by atomic mass is 32.2. The smallest absolute Gasteiger partial charge is 0.266 e. The SMILES string of the molecule is C=S1(=O)CCC(F)(c2cc3c(N[C@H](C)c4cccc(C(F)F)c4F)ncnc3n(C)c2=O)CC1. The van der Waals surface area contributed by atoms with Gasteiger partial charge in [-0.1, -0.05) is 18.2 Å². The number of halogens is 4. The van der Waals surface area contributed by atoms with Gasteiger partial charge in [-0.15, -0.1) is 0 Å². The Morgan fingerprint density at radius 3 is 2.50 bits per heavy atom. The normalized spacial score (nSPS) is 23.9. The second-order valence-electron chi connectivity index (χ2n) is 8.64. The molecule has 1 atom stereocenters. The molecule has 182 valence electrons. The molecule has 0 aliphatic carbocycles. The zero-order valence-corrected chi connectivity index (χ0v) is 19.5. The summed E-state index contributed by atoms with van der Waals surface area (Å²) in [7, 11) is -0.915. The molecule has 6 nitrogen and oxygen atoms in total. The molecule has 1 N–H and O–H groups in total. The lowest BCUT2D eigenvalue weighted by molar-refractivity contribution is 0.146. The van der Waals surface area contributed by atoms with E-state index in [4.69, 9.17) is 0 Å². The number of nitrogens with zero attached hydrogens (tertiary/aromatic N) is 3. The predicted octanol–water partition coefficient (Wildman–Crippen LogP) is 4.25. The maximum atomic E-state index is 15.9. The maximum Gasteiger partial charge on any atom is 0.266 e. The Balaban J connectivity index is 1.78. The van der Waals surface area contributed by atoms with Gasteiger partial charge in [0.25, 0.3) is 12.0 Å². The van der Waals surface area contributed by atoms with E-state index in [0.717, 1.165) is 6.07 Å². The summed E-state index contributed by atoms with van der Waals surface area (Å²) < 4.78 is 70.2. The fraction of sp³-hybridized carbons (Fsp3) is 0.391. The van der Waals surface area contributed by atoms with Crippen LogP contribution in [0.15, 0.2) is 35.4 Å². The summed E-state index contributed by atoms with van der Waals surface area (Å²) in [6.45, 7) is 1.58. The Bertz CT molecular complexity index is 1410. The number of aryl methyl sites for hydroxylation is 1. The Morgan fingerprint density at radius 1 is 1.21 bits per heavy atom. The van der Waals surface area contributed by atoms with Gasteiger partial charge in [0, 0.05) is 24.1 Å². The third-order valence-corrected chi connectivity index (χ3v) is 8.24. The third-order valence-electron chi connectivity index (χ3n) is 6.34. The highest BCUT2D eigenvalue weighted by molar-refractivity contribution is 8.00. The Morgan fingerprint density at radius 2 is 1.85 bits per heavy atom. The van der Waals surface area contributed by atoms with Gasteiger partial charge in [-0.2, -0.15) is 0 Å². The number of benzene rings is 1. The minimum absolute atomic E-state index is 0.00838. The molecule has 1 fully saturated rings. The molecule has 1 aliphatic heterocycles.